The summed E-state index contributed by atoms with van der Waals surface area (Å²) < 4.78 is 0. The van der Waals surface area contributed by atoms with E-state index in [2.05, 4.69) is 6.92 Å². The van der Waals surface area contributed by atoms with Gasteiger partial charge < -0.3 is 12.6 Å². The zero-order valence-electron chi connectivity index (χ0n) is 10.9. The molecule has 16 heavy (non-hydrogen) atoms. The quantitative estimate of drug-likeness (QED) is 0.269. The summed E-state index contributed by atoms with van der Waals surface area (Å²) in [4.78, 5) is 0. The van der Waals surface area contributed by atoms with Crippen LogP contribution in [0, 0.1) is 0 Å². The van der Waals surface area contributed by atoms with Crippen molar-refractivity contribution in [3.8, 4) is 0 Å². The van der Waals surface area contributed by atoms with E-state index in [9.17, 15) is 0 Å². The van der Waals surface area contributed by atoms with Gasteiger partial charge in [0.15, 0.2) is 0 Å². The smallest absolute Gasteiger partial charge is 0.793 e. The summed E-state index contributed by atoms with van der Waals surface area (Å²) >= 11 is 4.92. The number of rotatable bonds is 12. The third-order valence-corrected chi connectivity index (χ3v) is 3.29. The third-order valence-electron chi connectivity index (χ3n) is 3.00. The van der Waals surface area contributed by atoms with E-state index >= 15 is 0 Å². The van der Waals surface area contributed by atoms with E-state index in [1.165, 1.54) is 77.0 Å². The van der Waals surface area contributed by atoms with Crippen LogP contribution in [0.5, 0.6) is 0 Å². The van der Waals surface area contributed by atoms with Crippen LogP contribution in [0.15, 0.2) is 0 Å². The summed E-state index contributed by atoms with van der Waals surface area (Å²) in [5.41, 5.74) is 0. The molecule has 0 aromatic rings. The maximum absolute atomic E-state index is 4.92. The minimum Gasteiger partial charge on any atom is -0.793 e. The Balaban J connectivity index is 0. The molecule has 0 aromatic heterocycles. The van der Waals surface area contributed by atoms with Gasteiger partial charge in [-0.25, -0.2) is 0 Å². The maximum Gasteiger partial charge on any atom is 1.00 e. The molecule has 0 saturated carbocycles. The minimum absolute atomic E-state index is 0. The van der Waals surface area contributed by atoms with Crippen LogP contribution < -0.4 is 0 Å². The summed E-state index contributed by atoms with van der Waals surface area (Å²) in [5.74, 6) is 0.956. The zero-order chi connectivity index (χ0) is 11.2. The van der Waals surface area contributed by atoms with Crippen LogP contribution in [0.25, 0.3) is 0 Å². The standard InChI is InChI=1S/C14H30S.Cu/c1-2-3-4-5-6-7-8-9-10-11-12-13-14-15;/h15H,2-14H2,1H3;/q;+1/p-1. The molecule has 0 aliphatic carbocycles. The molecule has 0 amide bonds. The number of unbranched alkanes of at least 4 members (excludes halogenated alkanes) is 11. The van der Waals surface area contributed by atoms with Crippen LogP contribution in [-0.4, -0.2) is 5.75 Å². The molecule has 0 unspecified atom stereocenters. The normalized spacial score (nSPS) is 10.1. The van der Waals surface area contributed by atoms with Gasteiger partial charge in [0.25, 0.3) is 0 Å². The summed E-state index contributed by atoms with van der Waals surface area (Å²) in [6.45, 7) is 2.28. The van der Waals surface area contributed by atoms with Gasteiger partial charge in [0.1, 0.15) is 0 Å². The van der Waals surface area contributed by atoms with Gasteiger partial charge in [-0.05, 0) is 0 Å². The first kappa shape index (κ1) is 19.2. The molecule has 0 rings (SSSR count). The molecule has 2 heteroatoms. The molecule has 0 fully saturated rings. The minimum atomic E-state index is 0. The van der Waals surface area contributed by atoms with Gasteiger partial charge in [-0.2, -0.15) is 5.75 Å². The van der Waals surface area contributed by atoms with Gasteiger partial charge in [-0.3, -0.25) is 0 Å². The Morgan fingerprint density at radius 3 is 1.19 bits per heavy atom. The number of hydrogen-bond donors (Lipinski definition) is 0. The molecule has 0 aliphatic rings. The van der Waals surface area contributed by atoms with E-state index < -0.39 is 0 Å². The molecule has 0 saturated heterocycles. The van der Waals surface area contributed by atoms with Crippen molar-refractivity contribution in [1.82, 2.24) is 0 Å². The van der Waals surface area contributed by atoms with Gasteiger partial charge >= 0.3 is 17.1 Å². The first-order valence-electron chi connectivity index (χ1n) is 7.00. The Morgan fingerprint density at radius 1 is 0.562 bits per heavy atom. The second-order valence-electron chi connectivity index (χ2n) is 4.59. The Hall–Kier alpha value is 0.869. The zero-order valence-corrected chi connectivity index (χ0v) is 12.7. The molecule has 0 heterocycles. The molecule has 0 nitrogen and oxygen atoms in total. The maximum atomic E-state index is 4.92. The predicted octanol–water partition coefficient (Wildman–Crippen LogP) is 5.23. The van der Waals surface area contributed by atoms with Crippen LogP contribution in [0.3, 0.4) is 0 Å². The van der Waals surface area contributed by atoms with E-state index in [0.29, 0.717) is 0 Å². The molecular weight excluding hydrogens is 264 g/mol. The average molecular weight is 293 g/mol. The van der Waals surface area contributed by atoms with Crippen LogP contribution in [0.1, 0.15) is 84.0 Å². The summed E-state index contributed by atoms with van der Waals surface area (Å²) in [6.07, 6.45) is 17.0. The second kappa shape index (κ2) is 18.2. The van der Waals surface area contributed by atoms with E-state index in [0.717, 1.165) is 5.75 Å². The van der Waals surface area contributed by atoms with Crippen molar-refractivity contribution < 1.29 is 17.1 Å². The second-order valence-corrected chi connectivity index (χ2v) is 5.00. The molecule has 0 spiro atoms. The van der Waals surface area contributed by atoms with Crippen LogP contribution in [0.4, 0.5) is 0 Å². The molecule has 0 aromatic carbocycles. The monoisotopic (exact) mass is 292 g/mol. The van der Waals surface area contributed by atoms with E-state index in [4.69, 9.17) is 12.6 Å². The summed E-state index contributed by atoms with van der Waals surface area (Å²) in [6, 6.07) is 0. The fourth-order valence-electron chi connectivity index (χ4n) is 1.94. The largest absolute Gasteiger partial charge is 1.00 e. The Kier molecular flexibility index (Phi) is 21.9. The summed E-state index contributed by atoms with van der Waals surface area (Å²) in [5, 5.41) is 0. The first-order chi connectivity index (χ1) is 7.41. The SMILES string of the molecule is CCCCCCCCCCCCCC[S-].[Cu+]. The Labute approximate surface area is 119 Å². The molecule has 0 radical (unpaired) electrons. The fraction of sp³-hybridized carbons (Fsp3) is 1.00. The molecular formula is C14H29CuS. The molecule has 0 bridgehead atoms. The van der Waals surface area contributed by atoms with Crippen molar-refractivity contribution in [3.05, 3.63) is 0 Å². The van der Waals surface area contributed by atoms with Crippen molar-refractivity contribution in [1.29, 1.82) is 0 Å². The van der Waals surface area contributed by atoms with E-state index in [1.54, 1.807) is 0 Å². The van der Waals surface area contributed by atoms with Crippen molar-refractivity contribution in [2.75, 3.05) is 5.75 Å². The Morgan fingerprint density at radius 2 is 0.875 bits per heavy atom. The van der Waals surface area contributed by atoms with Gasteiger partial charge in [0.2, 0.25) is 0 Å². The van der Waals surface area contributed by atoms with Gasteiger partial charge in [0, 0.05) is 0 Å². The topological polar surface area (TPSA) is 0 Å². The van der Waals surface area contributed by atoms with Crippen molar-refractivity contribution in [2.45, 2.75) is 84.0 Å². The molecule has 0 N–H and O–H groups in total. The third kappa shape index (κ3) is 17.3. The van der Waals surface area contributed by atoms with Crippen molar-refractivity contribution in [2.24, 2.45) is 0 Å². The molecule has 102 valence electrons. The van der Waals surface area contributed by atoms with E-state index in [1.807, 2.05) is 0 Å². The predicted molar refractivity (Wildman–Crippen MR) is 73.3 cm³/mol. The van der Waals surface area contributed by atoms with Crippen LogP contribution in [0.2, 0.25) is 0 Å². The fourth-order valence-corrected chi connectivity index (χ4v) is 2.15. The van der Waals surface area contributed by atoms with Gasteiger partial charge in [0.05, 0.1) is 0 Å². The van der Waals surface area contributed by atoms with Crippen molar-refractivity contribution in [3.63, 3.8) is 0 Å². The number of hydrogen-bond acceptors (Lipinski definition) is 1. The van der Waals surface area contributed by atoms with Crippen LogP contribution in [-0.2, 0) is 29.7 Å². The summed E-state index contributed by atoms with van der Waals surface area (Å²) in [7, 11) is 0. The first-order valence-corrected chi connectivity index (χ1v) is 7.57. The average Bonchev–Trinajstić information content (AvgIpc) is 2.26. The molecule has 0 aliphatic heterocycles. The van der Waals surface area contributed by atoms with E-state index in [-0.39, 0.29) is 17.1 Å². The molecule has 0 atom stereocenters. The van der Waals surface area contributed by atoms with Crippen LogP contribution >= 0.6 is 0 Å². The van der Waals surface area contributed by atoms with Gasteiger partial charge in [-0.15, -0.1) is 0 Å². The van der Waals surface area contributed by atoms with Crippen molar-refractivity contribution >= 4 is 12.6 Å². The Bertz CT molecular complexity index is 94.9. The van der Waals surface area contributed by atoms with Gasteiger partial charge in [-0.1, -0.05) is 84.0 Å².